The van der Waals surface area contributed by atoms with Crippen LogP contribution in [0.1, 0.15) is 67.2 Å². The number of ether oxygens (including phenoxy) is 3. The lowest BCUT2D eigenvalue weighted by molar-refractivity contribution is -0.178. The molecule has 0 spiro atoms. The van der Waals surface area contributed by atoms with Crippen molar-refractivity contribution in [2.75, 3.05) is 0 Å². The van der Waals surface area contributed by atoms with Crippen molar-refractivity contribution in [1.82, 2.24) is 0 Å². The molecule has 0 radical (unpaired) electrons. The molecule has 0 aromatic heterocycles. The van der Waals surface area contributed by atoms with Crippen molar-refractivity contribution in [2.45, 2.75) is 96.7 Å². The van der Waals surface area contributed by atoms with Gasteiger partial charge in [-0.05, 0) is 58.3 Å². The van der Waals surface area contributed by atoms with Gasteiger partial charge in [0.2, 0.25) is 0 Å². The maximum absolute atomic E-state index is 11.9. The standard InChI is InChI=1S/C22H34O4/c1-12(2)15-11-17-22(6,26-17)19-16-10-13(3)8-7-9-21(5,25-14(4)23)20(24-16)18(15)19/h8,12,15-20H,7,9-11H2,1-6H3/b13-8-/t15-,16-,17+,18-,19-,20-,21-,22+/m1/s1. The number of carbonyl (C=O) groups is 1. The monoisotopic (exact) mass is 362 g/mol. The Morgan fingerprint density at radius 2 is 2.08 bits per heavy atom. The average Bonchev–Trinajstić information content (AvgIpc) is 3.02. The third-order valence-electron chi connectivity index (χ3n) is 7.60. The van der Waals surface area contributed by atoms with Gasteiger partial charge < -0.3 is 14.2 Å². The van der Waals surface area contributed by atoms with E-state index < -0.39 is 5.60 Å². The highest BCUT2D eigenvalue weighted by molar-refractivity contribution is 5.66. The second kappa shape index (κ2) is 6.07. The molecule has 4 rings (SSSR count). The summed E-state index contributed by atoms with van der Waals surface area (Å²) in [5.41, 5.74) is 0.746. The van der Waals surface area contributed by atoms with E-state index in [-0.39, 0.29) is 23.8 Å². The Balaban J connectivity index is 1.78. The topological polar surface area (TPSA) is 48.1 Å². The van der Waals surface area contributed by atoms with Gasteiger partial charge in [-0.25, -0.2) is 0 Å². The van der Waals surface area contributed by atoms with Crippen LogP contribution in [-0.4, -0.2) is 35.5 Å². The summed E-state index contributed by atoms with van der Waals surface area (Å²) < 4.78 is 19.0. The molecule has 2 bridgehead atoms. The van der Waals surface area contributed by atoms with E-state index in [2.05, 4.69) is 40.7 Å². The van der Waals surface area contributed by atoms with Gasteiger partial charge in [0, 0.05) is 18.8 Å². The normalized spacial score (nSPS) is 52.0. The van der Waals surface area contributed by atoms with Gasteiger partial charge in [0.15, 0.2) is 0 Å². The van der Waals surface area contributed by atoms with Gasteiger partial charge in [-0.2, -0.15) is 0 Å². The smallest absolute Gasteiger partial charge is 0.303 e. The number of allylic oxidation sites excluding steroid dienone is 1. The summed E-state index contributed by atoms with van der Waals surface area (Å²) in [5, 5.41) is 0. The molecule has 1 aliphatic carbocycles. The largest absolute Gasteiger partial charge is 0.457 e. The molecular weight excluding hydrogens is 328 g/mol. The minimum Gasteiger partial charge on any atom is -0.457 e. The van der Waals surface area contributed by atoms with E-state index in [9.17, 15) is 4.79 Å². The van der Waals surface area contributed by atoms with Crippen LogP contribution in [0.15, 0.2) is 11.6 Å². The Morgan fingerprint density at radius 1 is 1.35 bits per heavy atom. The van der Waals surface area contributed by atoms with Gasteiger partial charge in [-0.15, -0.1) is 0 Å². The van der Waals surface area contributed by atoms with Crippen molar-refractivity contribution in [3.05, 3.63) is 11.6 Å². The minimum atomic E-state index is -0.574. The highest BCUT2D eigenvalue weighted by atomic mass is 16.6. The number of rotatable bonds is 2. The molecule has 0 aromatic carbocycles. The third kappa shape index (κ3) is 2.75. The molecule has 0 N–H and O–H groups in total. The quantitative estimate of drug-likeness (QED) is 0.418. The summed E-state index contributed by atoms with van der Waals surface area (Å²) in [6.07, 6.45) is 6.60. The molecule has 0 unspecified atom stereocenters. The van der Waals surface area contributed by atoms with Crippen molar-refractivity contribution in [3.8, 4) is 0 Å². The van der Waals surface area contributed by atoms with Crippen LogP contribution in [0, 0.1) is 23.7 Å². The number of fused-ring (bicyclic) bond motifs is 7. The number of hydrogen-bond acceptors (Lipinski definition) is 4. The highest BCUT2D eigenvalue weighted by Gasteiger charge is 2.72. The van der Waals surface area contributed by atoms with Crippen LogP contribution in [0.3, 0.4) is 0 Å². The van der Waals surface area contributed by atoms with Gasteiger partial charge >= 0.3 is 5.97 Å². The van der Waals surface area contributed by atoms with Gasteiger partial charge in [0.05, 0.1) is 17.8 Å². The number of hydrogen-bond donors (Lipinski definition) is 0. The van der Waals surface area contributed by atoms with Crippen LogP contribution >= 0.6 is 0 Å². The lowest BCUT2D eigenvalue weighted by atomic mass is 9.59. The lowest BCUT2D eigenvalue weighted by Gasteiger charge is -2.44. The van der Waals surface area contributed by atoms with Gasteiger partial charge in [-0.1, -0.05) is 25.5 Å². The molecule has 146 valence electrons. The maximum Gasteiger partial charge on any atom is 0.303 e. The van der Waals surface area contributed by atoms with E-state index in [0.29, 0.717) is 29.8 Å². The zero-order valence-corrected chi connectivity index (χ0v) is 17.1. The summed E-state index contributed by atoms with van der Waals surface area (Å²) in [5.74, 6) is 1.69. The van der Waals surface area contributed by atoms with Crippen LogP contribution in [0.4, 0.5) is 0 Å². The molecule has 4 nitrogen and oxygen atoms in total. The molecule has 0 amide bonds. The molecule has 0 aromatic rings. The van der Waals surface area contributed by atoms with Crippen LogP contribution in [0.5, 0.6) is 0 Å². The molecule has 4 aliphatic rings. The maximum atomic E-state index is 11.9. The predicted molar refractivity (Wildman–Crippen MR) is 99.6 cm³/mol. The zero-order chi connectivity index (χ0) is 18.9. The van der Waals surface area contributed by atoms with Crippen molar-refractivity contribution in [1.29, 1.82) is 0 Å². The van der Waals surface area contributed by atoms with Crippen LogP contribution in [0.25, 0.3) is 0 Å². The van der Waals surface area contributed by atoms with Gasteiger partial charge in [0.25, 0.3) is 0 Å². The fourth-order valence-electron chi connectivity index (χ4n) is 6.32. The molecule has 2 saturated heterocycles. The summed E-state index contributed by atoms with van der Waals surface area (Å²) in [6.45, 7) is 12.7. The number of esters is 1. The van der Waals surface area contributed by atoms with Gasteiger partial charge in [0.1, 0.15) is 11.7 Å². The molecule has 4 heteroatoms. The Labute approximate surface area is 157 Å². The Morgan fingerprint density at radius 3 is 2.73 bits per heavy atom. The fraction of sp³-hybridized carbons (Fsp3) is 0.864. The average molecular weight is 363 g/mol. The first-order valence-corrected chi connectivity index (χ1v) is 10.3. The van der Waals surface area contributed by atoms with E-state index >= 15 is 0 Å². The van der Waals surface area contributed by atoms with Crippen LogP contribution in [0.2, 0.25) is 0 Å². The summed E-state index contributed by atoms with van der Waals surface area (Å²) in [6, 6.07) is 0. The Bertz CT molecular complexity index is 626. The molecule has 3 fully saturated rings. The van der Waals surface area contributed by atoms with E-state index in [1.807, 2.05) is 0 Å². The molecule has 26 heavy (non-hydrogen) atoms. The Kier molecular flexibility index (Phi) is 4.31. The first kappa shape index (κ1) is 18.5. The Hall–Kier alpha value is -0.870. The van der Waals surface area contributed by atoms with Gasteiger partial charge in [-0.3, -0.25) is 4.79 Å². The second-order valence-electron chi connectivity index (χ2n) is 9.83. The second-order valence-corrected chi connectivity index (χ2v) is 9.83. The van der Waals surface area contributed by atoms with E-state index in [0.717, 1.165) is 25.7 Å². The van der Waals surface area contributed by atoms with Crippen molar-refractivity contribution >= 4 is 5.97 Å². The number of carbonyl (C=O) groups excluding carboxylic acids is 1. The summed E-state index contributed by atoms with van der Waals surface area (Å²) in [7, 11) is 0. The minimum absolute atomic E-state index is 0.0462. The SMILES string of the molecule is CC(=O)O[C@]1(C)CC/C=C(/C)C[C@H]2O[C@@H]1[C@H]1[C@@H]2[C@@]2(C)O[C@H]2C[C@@H]1C(C)C. The van der Waals surface area contributed by atoms with Crippen LogP contribution in [-0.2, 0) is 19.0 Å². The van der Waals surface area contributed by atoms with E-state index in [4.69, 9.17) is 14.2 Å². The lowest BCUT2D eigenvalue weighted by Crippen LogP contribution is -2.52. The van der Waals surface area contributed by atoms with E-state index in [1.54, 1.807) is 0 Å². The third-order valence-corrected chi connectivity index (χ3v) is 7.60. The molecular formula is C22H34O4. The molecule has 1 saturated carbocycles. The highest BCUT2D eigenvalue weighted by Crippen LogP contribution is 2.64. The zero-order valence-electron chi connectivity index (χ0n) is 17.1. The number of epoxide rings is 1. The van der Waals surface area contributed by atoms with E-state index in [1.165, 1.54) is 12.5 Å². The first-order valence-electron chi connectivity index (χ1n) is 10.3. The molecule has 8 atom stereocenters. The fourth-order valence-corrected chi connectivity index (χ4v) is 6.32. The van der Waals surface area contributed by atoms with Crippen LogP contribution < -0.4 is 0 Å². The first-order chi connectivity index (χ1) is 12.2. The molecule has 3 heterocycles. The van der Waals surface area contributed by atoms with Crippen molar-refractivity contribution < 1.29 is 19.0 Å². The summed E-state index contributed by atoms with van der Waals surface area (Å²) >= 11 is 0. The summed E-state index contributed by atoms with van der Waals surface area (Å²) in [4.78, 5) is 11.9. The predicted octanol–water partition coefficient (Wildman–Crippen LogP) is 4.27. The van der Waals surface area contributed by atoms with Crippen molar-refractivity contribution in [3.63, 3.8) is 0 Å². The van der Waals surface area contributed by atoms with Crippen molar-refractivity contribution in [2.24, 2.45) is 23.7 Å². The molecule has 3 aliphatic heterocycles.